The van der Waals surface area contributed by atoms with Gasteiger partial charge in [-0.3, -0.25) is 62.3 Å². The van der Waals surface area contributed by atoms with Gasteiger partial charge in [0.2, 0.25) is 76.8 Å². The normalized spacial score (nSPS) is 17.8. The highest BCUT2D eigenvalue weighted by molar-refractivity contribution is 6.01. The number of primary amides is 1. The summed E-state index contributed by atoms with van der Waals surface area (Å²) in [5.74, 6) is -13.0. The van der Waals surface area contributed by atoms with Crippen molar-refractivity contribution in [1.29, 1.82) is 0 Å². The predicted molar refractivity (Wildman–Crippen MR) is 414 cm³/mol. The van der Waals surface area contributed by atoms with E-state index in [9.17, 15) is 72.5 Å². The maximum Gasteiger partial charge on any atom is 0.331 e. The summed E-state index contributed by atoms with van der Waals surface area (Å²) in [6, 6.07) is 4.97. The number of benzene rings is 3. The first-order valence-corrected chi connectivity index (χ1v) is 38.2. The second-order valence-electron chi connectivity index (χ2n) is 28.4. The smallest absolute Gasteiger partial charge is 0.331 e. The number of fused-ring (bicyclic) bond motifs is 2. The van der Waals surface area contributed by atoms with Crippen molar-refractivity contribution in [3.63, 3.8) is 0 Å². The number of unbranched alkanes of at least 4 members (excludes halogenated alkanes) is 3. The Bertz CT molecular complexity index is 4020. The summed E-state index contributed by atoms with van der Waals surface area (Å²) in [7, 11) is 0. The molecule has 6 rings (SSSR count). The molecule has 1 fully saturated rings. The molecule has 1 unspecified atom stereocenters. The molecule has 35 heteroatoms. The lowest BCUT2D eigenvalue weighted by Gasteiger charge is -2.30. The van der Waals surface area contributed by atoms with Crippen LogP contribution >= 0.6 is 0 Å². The molecule has 0 bridgehead atoms. The Morgan fingerprint density at radius 1 is 0.545 bits per heavy atom. The fourth-order valence-electron chi connectivity index (χ4n) is 12.6. The number of phenolic OH excluding ortho intramolecular Hbond substituents is 1. The maximum absolute atomic E-state index is 15.1. The summed E-state index contributed by atoms with van der Waals surface area (Å²) in [6.45, 7) is 6.85. The second-order valence-corrected chi connectivity index (χ2v) is 28.4. The molecule has 3 heterocycles. The lowest BCUT2D eigenvalue weighted by atomic mass is 9.97. The van der Waals surface area contributed by atoms with Crippen molar-refractivity contribution in [3.05, 3.63) is 102 Å². The number of esters is 1. The molecule has 1 aliphatic rings. The van der Waals surface area contributed by atoms with Gasteiger partial charge in [0.05, 0.1) is 26.1 Å². The number of hydrogen-bond donors (Lipinski definition) is 20. The number of carbonyl (C=O) groups excluding carboxylic acids is 14. The average molecular weight is 1560 g/mol. The number of rotatable bonds is 44. The van der Waals surface area contributed by atoms with Crippen molar-refractivity contribution in [2.24, 2.45) is 34.8 Å². The Morgan fingerprint density at radius 2 is 1.02 bits per heavy atom. The SMILES string of the molecule is CCC(C)CCC(=O)N[C@H](CC(N)=O)C(=O)N[C@H](Cc1ccc(O)cc1)C(=O)N[C@H](Cc1c[nH]c2ccccc12)C(=O)N[C@H](CCCCN)C(=O)N[C@@H](CCCCN)C(=O)NCC(=O)N[C@H](CCCCN)C(=O)N[C@@H](Cc1c[nH]c2ccccc12)C(=O)N[C@@H]1C(=O)N[C@@H]([C@@H](C)CC)C(=O)NCC(=O)N[C@@H](CO)C(=O)O[C@@H]1C. The van der Waals surface area contributed by atoms with Gasteiger partial charge in [-0.25, -0.2) is 4.79 Å². The molecule has 1 saturated heterocycles. The van der Waals surface area contributed by atoms with E-state index < -0.39 is 181 Å². The molecule has 612 valence electrons. The first-order valence-electron chi connectivity index (χ1n) is 38.2. The molecule has 0 saturated carbocycles. The fourth-order valence-corrected chi connectivity index (χ4v) is 12.6. The van der Waals surface area contributed by atoms with Crippen LogP contribution < -0.4 is 86.7 Å². The highest BCUT2D eigenvalue weighted by Gasteiger charge is 2.40. The summed E-state index contributed by atoms with van der Waals surface area (Å²) in [5, 5.41) is 52.9. The van der Waals surface area contributed by atoms with Crippen molar-refractivity contribution < 1.29 is 82.1 Å². The summed E-state index contributed by atoms with van der Waals surface area (Å²) < 4.78 is 5.59. The number of aromatic hydroxyl groups is 1. The van der Waals surface area contributed by atoms with E-state index in [0.29, 0.717) is 70.6 Å². The third-order valence-electron chi connectivity index (χ3n) is 19.6. The van der Waals surface area contributed by atoms with E-state index in [1.807, 2.05) is 13.8 Å². The maximum atomic E-state index is 15.1. The summed E-state index contributed by atoms with van der Waals surface area (Å²) in [4.78, 5) is 204. The molecule has 0 radical (unpaired) electrons. The Morgan fingerprint density at radius 3 is 1.53 bits per heavy atom. The Kier molecular flexibility index (Phi) is 36.9. The minimum Gasteiger partial charge on any atom is -0.508 e. The van der Waals surface area contributed by atoms with Crippen LogP contribution in [0.2, 0.25) is 0 Å². The highest BCUT2D eigenvalue weighted by Crippen LogP contribution is 2.23. The van der Waals surface area contributed by atoms with E-state index in [1.165, 1.54) is 31.2 Å². The largest absolute Gasteiger partial charge is 0.508 e. The van der Waals surface area contributed by atoms with Gasteiger partial charge in [0.15, 0.2) is 6.04 Å². The van der Waals surface area contributed by atoms with Crippen LogP contribution in [0.25, 0.3) is 21.8 Å². The van der Waals surface area contributed by atoms with Crippen LogP contribution in [0.1, 0.15) is 141 Å². The molecule has 13 amide bonds. The molecular weight excluding hydrogens is 1450 g/mol. The van der Waals surface area contributed by atoms with Crippen molar-refractivity contribution >= 4 is 105 Å². The van der Waals surface area contributed by atoms with Gasteiger partial charge in [0.25, 0.3) is 0 Å². The minimum atomic E-state index is -1.78. The topological polar surface area (TPSA) is 569 Å². The number of phenols is 1. The average Bonchev–Trinajstić information content (AvgIpc) is 1.61. The zero-order valence-electron chi connectivity index (χ0n) is 64.2. The van der Waals surface area contributed by atoms with Crippen LogP contribution in [0.15, 0.2) is 85.2 Å². The number of amides is 13. The van der Waals surface area contributed by atoms with Gasteiger partial charge < -0.3 is 112 Å². The van der Waals surface area contributed by atoms with Crippen LogP contribution in [0.5, 0.6) is 5.75 Å². The van der Waals surface area contributed by atoms with E-state index in [1.54, 1.807) is 74.8 Å². The number of aliphatic hydroxyl groups excluding tert-OH is 1. The van der Waals surface area contributed by atoms with Gasteiger partial charge in [-0.2, -0.15) is 0 Å². The monoisotopic (exact) mass is 1560 g/mol. The molecule has 5 aromatic rings. The van der Waals surface area contributed by atoms with Crippen LogP contribution in [0, 0.1) is 11.8 Å². The number of nitrogens with two attached hydrogens (primary N) is 4. The minimum absolute atomic E-state index is 0.0294. The molecular formula is C77H112N18O17. The molecule has 112 heavy (non-hydrogen) atoms. The zero-order chi connectivity index (χ0) is 82.0. The number of cyclic esters (lactones) is 1. The first kappa shape index (κ1) is 89.8. The van der Waals surface area contributed by atoms with Gasteiger partial charge in [0, 0.05) is 59.9 Å². The number of ether oxygens (including phenoxy) is 1. The lowest BCUT2D eigenvalue weighted by Crippen LogP contribution is -2.62. The molecule has 35 nitrogen and oxygen atoms in total. The number of aromatic amines is 2. The van der Waals surface area contributed by atoms with Crippen molar-refractivity contribution in [1.82, 2.24) is 73.8 Å². The second kappa shape index (κ2) is 45.9. The Balaban J connectivity index is 1.25. The molecule has 0 aliphatic carbocycles. The number of para-hydroxylation sites is 2. The number of nitrogens with one attached hydrogen (secondary N) is 14. The van der Waals surface area contributed by atoms with Crippen LogP contribution in [-0.2, 0) is 91.1 Å². The van der Waals surface area contributed by atoms with Crippen LogP contribution in [0.4, 0.5) is 0 Å². The molecule has 3 aromatic carbocycles. The third kappa shape index (κ3) is 28.4. The highest BCUT2D eigenvalue weighted by atomic mass is 16.5. The first-order chi connectivity index (χ1) is 53.6. The zero-order valence-corrected chi connectivity index (χ0v) is 64.2. The summed E-state index contributed by atoms with van der Waals surface area (Å²) >= 11 is 0. The number of aliphatic hydroxyl groups is 1. The number of aromatic nitrogens is 2. The van der Waals surface area contributed by atoms with Gasteiger partial charge >= 0.3 is 5.97 Å². The van der Waals surface area contributed by atoms with E-state index in [-0.39, 0.29) is 95.5 Å². The van der Waals surface area contributed by atoms with E-state index in [0.717, 1.165) is 6.42 Å². The van der Waals surface area contributed by atoms with Crippen molar-refractivity contribution in [2.75, 3.05) is 39.3 Å². The predicted octanol–water partition coefficient (Wildman–Crippen LogP) is -1.46. The third-order valence-corrected chi connectivity index (χ3v) is 19.6. The van der Waals surface area contributed by atoms with Crippen molar-refractivity contribution in [3.8, 4) is 5.75 Å². The quantitative estimate of drug-likeness (QED) is 0.0156. The summed E-state index contributed by atoms with van der Waals surface area (Å²) in [5.41, 5.74) is 26.1. The van der Waals surface area contributed by atoms with Crippen LogP contribution in [0.3, 0.4) is 0 Å². The number of hydrogen-bond acceptors (Lipinski definition) is 20. The van der Waals surface area contributed by atoms with Gasteiger partial charge in [-0.05, 0) is 144 Å². The fraction of sp³-hybridized carbons (Fsp3) is 0.532. The number of carbonyl (C=O) groups is 14. The molecule has 1 aliphatic heterocycles. The van der Waals surface area contributed by atoms with Gasteiger partial charge in [-0.1, -0.05) is 89.1 Å². The van der Waals surface area contributed by atoms with E-state index >= 15 is 4.79 Å². The van der Waals surface area contributed by atoms with Gasteiger partial charge in [0.1, 0.15) is 66.2 Å². The molecule has 13 atom stereocenters. The van der Waals surface area contributed by atoms with Crippen LogP contribution in [-0.4, -0.2) is 209 Å². The Hall–Kier alpha value is -11.0. The molecule has 24 N–H and O–H groups in total. The number of H-pyrrole nitrogens is 2. The van der Waals surface area contributed by atoms with Crippen molar-refractivity contribution in [2.45, 2.75) is 210 Å². The van der Waals surface area contributed by atoms with Gasteiger partial charge in [-0.15, -0.1) is 0 Å². The van der Waals surface area contributed by atoms with E-state index in [4.69, 9.17) is 27.7 Å². The standard InChI is InChI=1S/C77H112N18O17/c1-6-43(3)25-30-63(99)87-60(37-62(81)98)73(107)91-57(34-46-26-28-49(97)29-27-46)71(105)93-58(35-47-38-82-52-20-10-8-18-50(47)52)72(106)90-56(24-14-17-33-80)70(104)89-54(22-12-15-31-78)68(102)84-40-64(100)86-55(23-13-16-32-79)69(103)92-59(36-48-39-83-53-21-11-9-19-51(48)53)74(108)95-67-45(5)112-77(111)61(42-96)88-65(101)41-85-75(109)66(44(4)7-2)94-76(67)110/h8-11,18-21,26-29,38-39,43-45,54-61,66-67,82-83,96-97H,6-7,12-17,22-25,30-37,40-42,78-80H2,1-5H3,(H2,81,98)(H,84,102)(H,85,109)(H,86,100)(H,87,99)(H,88,101)(H,89,104)(H,90,106)(H,91,107)(H,92,103)(H,93,105)(H,94,110)(H,95,108)/t43?,44-,45+,54-,55+,56+,57+,58+,59-,60+,61-,66-,67-/m0/s1. The lowest BCUT2D eigenvalue weighted by molar-refractivity contribution is -0.157. The summed E-state index contributed by atoms with van der Waals surface area (Å²) in [6.07, 6.45) is 3.92. The molecule has 0 spiro atoms. The van der Waals surface area contributed by atoms with E-state index in [2.05, 4.69) is 73.8 Å². The Labute approximate surface area is 649 Å². The molecule has 2 aromatic heterocycles.